The van der Waals surface area contributed by atoms with Gasteiger partial charge >= 0.3 is 0 Å². The molecule has 0 unspecified atom stereocenters. The van der Waals surface area contributed by atoms with Gasteiger partial charge in [0, 0.05) is 24.7 Å². The second-order valence-corrected chi connectivity index (χ2v) is 7.10. The molecule has 0 saturated carbocycles. The molecule has 0 atom stereocenters. The minimum Gasteiger partial charge on any atom is -0.494 e. The highest BCUT2D eigenvalue weighted by atomic mass is 16.5. The van der Waals surface area contributed by atoms with E-state index in [2.05, 4.69) is 5.32 Å². The minimum atomic E-state index is -0.222. The summed E-state index contributed by atoms with van der Waals surface area (Å²) in [6.45, 7) is 5.77. The lowest BCUT2D eigenvalue weighted by atomic mass is 10.1. The number of anilines is 1. The maximum absolute atomic E-state index is 12.3. The van der Waals surface area contributed by atoms with Crippen LogP contribution < -0.4 is 10.1 Å². The van der Waals surface area contributed by atoms with Gasteiger partial charge in [0.15, 0.2) is 5.78 Å². The quantitative estimate of drug-likeness (QED) is 0.517. The van der Waals surface area contributed by atoms with Crippen LogP contribution in [0, 0.1) is 13.8 Å². The Bertz CT molecular complexity index is 855. The van der Waals surface area contributed by atoms with Gasteiger partial charge in [-0.2, -0.15) is 0 Å². The van der Waals surface area contributed by atoms with Crippen LogP contribution in [0.15, 0.2) is 42.5 Å². The number of carbonyl (C=O) groups is 3. The Hall–Kier alpha value is -3.15. The topological polar surface area (TPSA) is 75.7 Å². The van der Waals surface area contributed by atoms with Crippen molar-refractivity contribution in [2.75, 3.05) is 25.5 Å². The maximum Gasteiger partial charge on any atom is 0.243 e. The Morgan fingerprint density at radius 1 is 1.00 bits per heavy atom. The average Bonchev–Trinajstić information content (AvgIpc) is 2.68. The Kier molecular flexibility index (Phi) is 7.95. The number of Topliss-reactive ketones (excluding diaryl/α,β-unsaturated/α-hetero) is 1. The van der Waals surface area contributed by atoms with Crippen molar-refractivity contribution >= 4 is 23.3 Å². The van der Waals surface area contributed by atoms with E-state index in [1.807, 2.05) is 32.0 Å². The molecule has 0 spiro atoms. The van der Waals surface area contributed by atoms with Crippen molar-refractivity contribution in [1.82, 2.24) is 4.90 Å². The van der Waals surface area contributed by atoms with E-state index in [9.17, 15) is 14.4 Å². The van der Waals surface area contributed by atoms with Gasteiger partial charge in [-0.25, -0.2) is 0 Å². The summed E-state index contributed by atoms with van der Waals surface area (Å²) in [6, 6.07) is 12.7. The smallest absolute Gasteiger partial charge is 0.243 e. The van der Waals surface area contributed by atoms with Gasteiger partial charge in [0.1, 0.15) is 5.75 Å². The third-order valence-corrected chi connectivity index (χ3v) is 4.62. The fraction of sp³-hybridized carbons (Fsp3) is 0.348. The summed E-state index contributed by atoms with van der Waals surface area (Å²) in [5.74, 6) is 0.327. The van der Waals surface area contributed by atoms with Crippen LogP contribution in [0.2, 0.25) is 0 Å². The second-order valence-electron chi connectivity index (χ2n) is 7.10. The van der Waals surface area contributed by atoms with Gasteiger partial charge in [0.05, 0.1) is 13.2 Å². The maximum atomic E-state index is 12.3. The number of hydrogen-bond donors (Lipinski definition) is 1. The normalized spacial score (nSPS) is 10.3. The monoisotopic (exact) mass is 396 g/mol. The molecule has 2 aromatic carbocycles. The lowest BCUT2D eigenvalue weighted by Crippen LogP contribution is -2.35. The number of rotatable bonds is 9. The van der Waals surface area contributed by atoms with E-state index < -0.39 is 0 Å². The van der Waals surface area contributed by atoms with Crippen LogP contribution in [0.5, 0.6) is 5.75 Å². The molecule has 6 heteroatoms. The molecule has 0 bridgehead atoms. The van der Waals surface area contributed by atoms with Crippen LogP contribution in [-0.2, 0) is 9.59 Å². The van der Waals surface area contributed by atoms with Crippen LogP contribution in [0.25, 0.3) is 0 Å². The number of nitrogens with zero attached hydrogens (tertiary/aromatic N) is 1. The zero-order valence-electron chi connectivity index (χ0n) is 17.5. The van der Waals surface area contributed by atoms with Gasteiger partial charge in [-0.15, -0.1) is 0 Å². The average molecular weight is 396 g/mol. The summed E-state index contributed by atoms with van der Waals surface area (Å²) in [6.07, 6.45) is 0.828. The van der Waals surface area contributed by atoms with Crippen molar-refractivity contribution in [3.8, 4) is 5.75 Å². The Labute approximate surface area is 171 Å². The fourth-order valence-corrected chi connectivity index (χ4v) is 2.88. The number of likely N-dealkylation sites (N-methyl/N-ethyl adjacent to an activating group) is 1. The number of benzene rings is 2. The van der Waals surface area contributed by atoms with E-state index in [0.29, 0.717) is 30.8 Å². The van der Waals surface area contributed by atoms with Gasteiger partial charge in [0.2, 0.25) is 11.8 Å². The first-order chi connectivity index (χ1) is 13.8. The summed E-state index contributed by atoms with van der Waals surface area (Å²) in [5.41, 5.74) is 3.40. The predicted molar refractivity (Wildman–Crippen MR) is 113 cm³/mol. The molecule has 154 valence electrons. The molecule has 2 rings (SSSR count). The molecular formula is C23H28N2O4. The van der Waals surface area contributed by atoms with Gasteiger partial charge < -0.3 is 15.0 Å². The number of para-hydroxylation sites is 1. The second kappa shape index (κ2) is 10.4. The Morgan fingerprint density at radius 2 is 1.62 bits per heavy atom. The molecule has 1 N–H and O–H groups in total. The number of aryl methyl sites for hydroxylation is 2. The van der Waals surface area contributed by atoms with E-state index in [4.69, 9.17) is 4.74 Å². The van der Waals surface area contributed by atoms with Crippen LogP contribution in [0.3, 0.4) is 0 Å². The molecule has 29 heavy (non-hydrogen) atoms. The van der Waals surface area contributed by atoms with Crippen molar-refractivity contribution in [3.05, 3.63) is 59.2 Å². The summed E-state index contributed by atoms with van der Waals surface area (Å²) in [5, 5.41) is 2.88. The number of carbonyl (C=O) groups excluding carboxylic acids is 3. The molecule has 2 aromatic rings. The van der Waals surface area contributed by atoms with Crippen molar-refractivity contribution in [1.29, 1.82) is 0 Å². The zero-order valence-corrected chi connectivity index (χ0v) is 17.5. The first kappa shape index (κ1) is 22.1. The summed E-state index contributed by atoms with van der Waals surface area (Å²) in [7, 11) is 1.62. The fourth-order valence-electron chi connectivity index (χ4n) is 2.88. The number of amides is 2. The molecule has 6 nitrogen and oxygen atoms in total. The highest BCUT2D eigenvalue weighted by Gasteiger charge is 2.14. The van der Waals surface area contributed by atoms with Crippen molar-refractivity contribution < 1.29 is 19.1 Å². The van der Waals surface area contributed by atoms with Crippen LogP contribution >= 0.6 is 0 Å². The molecule has 0 radical (unpaired) electrons. The molecule has 0 fully saturated rings. The van der Waals surface area contributed by atoms with E-state index in [-0.39, 0.29) is 24.1 Å². The zero-order chi connectivity index (χ0) is 21.4. The standard InChI is InChI=1S/C23H28N2O4/c1-16-7-5-8-17(2)23(16)24-21(27)15-25(4)22(28)9-6-14-29-20-12-10-19(11-13-20)18(3)26/h5,7-8,10-13H,6,9,14-15H2,1-4H3,(H,24,27). The van der Waals surface area contributed by atoms with Gasteiger partial charge in [-0.3, -0.25) is 14.4 Å². The summed E-state index contributed by atoms with van der Waals surface area (Å²) in [4.78, 5) is 37.2. The Balaban J connectivity index is 1.73. The van der Waals surface area contributed by atoms with Gasteiger partial charge in [-0.1, -0.05) is 18.2 Å². The van der Waals surface area contributed by atoms with Crippen LogP contribution in [-0.4, -0.2) is 42.7 Å². The number of hydrogen-bond acceptors (Lipinski definition) is 4. The SMILES string of the molecule is CC(=O)c1ccc(OCCCC(=O)N(C)CC(=O)Nc2c(C)cccc2C)cc1. The van der Waals surface area contributed by atoms with E-state index in [1.165, 1.54) is 11.8 Å². The van der Waals surface area contributed by atoms with Crippen molar-refractivity contribution in [2.24, 2.45) is 0 Å². The first-order valence-corrected chi connectivity index (χ1v) is 9.61. The van der Waals surface area contributed by atoms with E-state index in [1.54, 1.807) is 31.3 Å². The highest BCUT2D eigenvalue weighted by Crippen LogP contribution is 2.19. The third kappa shape index (κ3) is 6.75. The molecule has 0 heterocycles. The van der Waals surface area contributed by atoms with Gasteiger partial charge in [-0.05, 0) is 62.6 Å². The van der Waals surface area contributed by atoms with Gasteiger partial charge in [0.25, 0.3) is 0 Å². The van der Waals surface area contributed by atoms with E-state index in [0.717, 1.165) is 16.8 Å². The lowest BCUT2D eigenvalue weighted by Gasteiger charge is -2.18. The molecule has 0 aliphatic carbocycles. The third-order valence-electron chi connectivity index (χ3n) is 4.62. The first-order valence-electron chi connectivity index (χ1n) is 9.61. The molecule has 0 aliphatic rings. The van der Waals surface area contributed by atoms with Crippen molar-refractivity contribution in [3.63, 3.8) is 0 Å². The molecule has 0 saturated heterocycles. The Morgan fingerprint density at radius 3 is 2.21 bits per heavy atom. The van der Waals surface area contributed by atoms with E-state index >= 15 is 0 Å². The molecule has 2 amide bonds. The molecular weight excluding hydrogens is 368 g/mol. The van der Waals surface area contributed by atoms with Crippen LogP contribution in [0.1, 0.15) is 41.3 Å². The lowest BCUT2D eigenvalue weighted by molar-refractivity contribution is -0.133. The molecule has 0 aromatic heterocycles. The summed E-state index contributed by atoms with van der Waals surface area (Å²) < 4.78 is 5.60. The largest absolute Gasteiger partial charge is 0.494 e. The molecule has 0 aliphatic heterocycles. The summed E-state index contributed by atoms with van der Waals surface area (Å²) >= 11 is 0. The van der Waals surface area contributed by atoms with Crippen molar-refractivity contribution in [2.45, 2.75) is 33.6 Å². The highest BCUT2D eigenvalue weighted by molar-refractivity contribution is 5.95. The number of nitrogens with one attached hydrogen (secondary N) is 1. The predicted octanol–water partition coefficient (Wildman–Crippen LogP) is 3.76. The minimum absolute atomic E-state index is 0.0000265. The number of ether oxygens (including phenoxy) is 1. The van der Waals surface area contributed by atoms with Crippen LogP contribution in [0.4, 0.5) is 5.69 Å². The number of ketones is 1.